The average molecular weight is 356 g/mol. The second-order valence-corrected chi connectivity index (χ2v) is 5.26. The first-order valence-corrected chi connectivity index (χ1v) is 7.32. The van der Waals surface area contributed by atoms with Crippen molar-refractivity contribution in [3.8, 4) is 0 Å². The van der Waals surface area contributed by atoms with E-state index in [0.717, 1.165) is 4.47 Å². The molecular weight excluding hydrogens is 340 g/mol. The second kappa shape index (κ2) is 8.08. The highest BCUT2D eigenvalue weighted by Crippen LogP contribution is 2.23. The molecule has 0 N–H and O–H groups in total. The van der Waals surface area contributed by atoms with Gasteiger partial charge in [0.2, 0.25) is 0 Å². The van der Waals surface area contributed by atoms with Crippen molar-refractivity contribution in [3.05, 3.63) is 69.4 Å². The maximum absolute atomic E-state index is 12.3. The van der Waals surface area contributed by atoms with Crippen molar-refractivity contribution in [2.75, 3.05) is 6.61 Å². The van der Waals surface area contributed by atoms with E-state index in [0.29, 0.717) is 28.5 Å². The van der Waals surface area contributed by atoms with Crippen LogP contribution in [0.25, 0.3) is 0 Å². The summed E-state index contributed by atoms with van der Waals surface area (Å²) >= 11 is 9.35. The lowest BCUT2D eigenvalue weighted by Gasteiger charge is -2.05. The van der Waals surface area contributed by atoms with Gasteiger partial charge in [0.25, 0.3) is 0 Å². The van der Waals surface area contributed by atoms with Gasteiger partial charge in [0, 0.05) is 15.6 Å². The molecule has 0 atom stereocenters. The lowest BCUT2D eigenvalue weighted by Crippen LogP contribution is -2.01. The van der Waals surface area contributed by atoms with E-state index in [1.807, 2.05) is 19.9 Å². The van der Waals surface area contributed by atoms with Crippen LogP contribution in [-0.4, -0.2) is 12.4 Å². The van der Waals surface area contributed by atoms with Gasteiger partial charge in [-0.3, -0.25) is 4.79 Å². The Morgan fingerprint density at radius 1 is 1.45 bits per heavy atom. The van der Waals surface area contributed by atoms with Crippen molar-refractivity contribution in [1.82, 2.24) is 0 Å². The van der Waals surface area contributed by atoms with Crippen molar-refractivity contribution < 1.29 is 9.53 Å². The molecule has 2 nitrogen and oxygen atoms in total. The summed E-state index contributed by atoms with van der Waals surface area (Å²) in [6.07, 6.45) is 5.17. The van der Waals surface area contributed by atoms with Gasteiger partial charge in [-0.1, -0.05) is 34.1 Å². The molecule has 0 bridgehead atoms. The van der Waals surface area contributed by atoms with E-state index in [-0.39, 0.29) is 5.78 Å². The van der Waals surface area contributed by atoms with Gasteiger partial charge < -0.3 is 4.74 Å². The summed E-state index contributed by atoms with van der Waals surface area (Å²) in [4.78, 5) is 12.3. The van der Waals surface area contributed by atoms with Gasteiger partial charge in [0.15, 0.2) is 5.78 Å². The SMILES string of the molecule is C=C(/C=C\C(=C/C)OCC)C(=O)c1cc(Br)ccc1Cl. The number of rotatable bonds is 6. The zero-order valence-electron chi connectivity index (χ0n) is 11.5. The fraction of sp³-hybridized carbons (Fsp3) is 0.188. The van der Waals surface area contributed by atoms with Gasteiger partial charge in [-0.2, -0.15) is 0 Å². The largest absolute Gasteiger partial charge is 0.494 e. The topological polar surface area (TPSA) is 26.3 Å². The Labute approximate surface area is 132 Å². The van der Waals surface area contributed by atoms with Crippen molar-refractivity contribution >= 4 is 33.3 Å². The Kier molecular flexibility index (Phi) is 6.76. The number of halogens is 2. The van der Waals surface area contributed by atoms with Crippen LogP contribution in [0.4, 0.5) is 0 Å². The molecule has 106 valence electrons. The van der Waals surface area contributed by atoms with Gasteiger partial charge in [0.1, 0.15) is 5.76 Å². The number of benzene rings is 1. The second-order valence-electron chi connectivity index (χ2n) is 3.94. The molecule has 0 aliphatic carbocycles. The smallest absolute Gasteiger partial charge is 0.193 e. The highest BCUT2D eigenvalue weighted by molar-refractivity contribution is 9.10. The molecule has 0 aliphatic rings. The van der Waals surface area contributed by atoms with Gasteiger partial charge >= 0.3 is 0 Å². The molecule has 1 rings (SSSR count). The zero-order chi connectivity index (χ0) is 15.1. The Morgan fingerprint density at radius 2 is 2.15 bits per heavy atom. The van der Waals surface area contributed by atoms with Crippen molar-refractivity contribution in [2.24, 2.45) is 0 Å². The van der Waals surface area contributed by atoms with E-state index in [2.05, 4.69) is 22.5 Å². The lowest BCUT2D eigenvalue weighted by atomic mass is 10.0. The van der Waals surface area contributed by atoms with Crippen LogP contribution in [0.1, 0.15) is 24.2 Å². The van der Waals surface area contributed by atoms with Gasteiger partial charge in [0.05, 0.1) is 11.6 Å². The number of carbonyl (C=O) groups is 1. The summed E-state index contributed by atoms with van der Waals surface area (Å²) in [5.74, 6) is 0.487. The Bertz CT molecular complexity index is 574. The zero-order valence-corrected chi connectivity index (χ0v) is 13.8. The predicted molar refractivity (Wildman–Crippen MR) is 87.1 cm³/mol. The number of allylic oxidation sites excluding steroid dienone is 4. The van der Waals surface area contributed by atoms with E-state index in [1.54, 1.807) is 30.4 Å². The molecule has 0 unspecified atom stereocenters. The van der Waals surface area contributed by atoms with Gasteiger partial charge in [-0.25, -0.2) is 0 Å². The summed E-state index contributed by atoms with van der Waals surface area (Å²) in [7, 11) is 0. The number of hydrogen-bond donors (Lipinski definition) is 0. The molecular formula is C16H16BrClO2. The van der Waals surface area contributed by atoms with Crippen LogP contribution in [0.15, 0.2) is 58.8 Å². The number of ether oxygens (including phenoxy) is 1. The van der Waals surface area contributed by atoms with Crippen molar-refractivity contribution in [3.63, 3.8) is 0 Å². The molecule has 0 heterocycles. The Morgan fingerprint density at radius 3 is 2.75 bits per heavy atom. The maximum Gasteiger partial charge on any atom is 0.193 e. The van der Waals surface area contributed by atoms with E-state index < -0.39 is 0 Å². The molecule has 20 heavy (non-hydrogen) atoms. The summed E-state index contributed by atoms with van der Waals surface area (Å²) < 4.78 is 6.15. The first kappa shape index (κ1) is 16.7. The minimum atomic E-state index is -0.209. The third-order valence-electron chi connectivity index (χ3n) is 2.51. The predicted octanol–water partition coefficient (Wildman–Crippen LogP) is 5.34. The quantitative estimate of drug-likeness (QED) is 0.298. The Balaban J connectivity index is 2.90. The van der Waals surface area contributed by atoms with Crippen LogP contribution in [0.2, 0.25) is 5.02 Å². The third kappa shape index (κ3) is 4.66. The van der Waals surface area contributed by atoms with E-state index in [1.165, 1.54) is 0 Å². The lowest BCUT2D eigenvalue weighted by molar-refractivity contribution is 0.103. The number of hydrogen-bond acceptors (Lipinski definition) is 2. The van der Waals surface area contributed by atoms with E-state index >= 15 is 0 Å². The highest BCUT2D eigenvalue weighted by Gasteiger charge is 2.12. The average Bonchev–Trinajstić information content (AvgIpc) is 2.44. The molecule has 0 spiro atoms. The van der Waals surface area contributed by atoms with Crippen LogP contribution in [0, 0.1) is 0 Å². The van der Waals surface area contributed by atoms with Crippen molar-refractivity contribution in [1.29, 1.82) is 0 Å². The van der Waals surface area contributed by atoms with Crippen LogP contribution in [0.5, 0.6) is 0 Å². The summed E-state index contributed by atoms with van der Waals surface area (Å²) in [5, 5.41) is 0.406. The highest BCUT2D eigenvalue weighted by atomic mass is 79.9. The summed E-state index contributed by atoms with van der Waals surface area (Å²) in [5.41, 5.74) is 0.776. The first-order valence-electron chi connectivity index (χ1n) is 6.15. The van der Waals surface area contributed by atoms with Crippen molar-refractivity contribution in [2.45, 2.75) is 13.8 Å². The minimum Gasteiger partial charge on any atom is -0.494 e. The maximum atomic E-state index is 12.3. The molecule has 0 fully saturated rings. The molecule has 1 aromatic rings. The molecule has 1 aromatic carbocycles. The molecule has 0 saturated carbocycles. The monoisotopic (exact) mass is 354 g/mol. The standard InChI is InChI=1S/C16H16BrClO2/c1-4-13(20-5-2)8-6-11(3)16(19)14-10-12(17)7-9-15(14)18/h4,6-10H,3,5H2,1-2H3/b8-6-,13-4+. The van der Waals surface area contributed by atoms with Crippen LogP contribution >= 0.6 is 27.5 Å². The molecule has 0 aliphatic heterocycles. The van der Waals surface area contributed by atoms with Gasteiger partial charge in [-0.15, -0.1) is 0 Å². The molecule has 0 amide bonds. The summed E-state index contributed by atoms with van der Waals surface area (Å²) in [6, 6.07) is 5.14. The summed E-state index contributed by atoms with van der Waals surface area (Å²) in [6.45, 7) is 8.11. The number of ketones is 1. The fourth-order valence-corrected chi connectivity index (χ4v) is 2.06. The van der Waals surface area contributed by atoms with E-state index in [9.17, 15) is 4.79 Å². The number of carbonyl (C=O) groups excluding carboxylic acids is 1. The number of Topliss-reactive ketones (excluding diaryl/α,β-unsaturated/α-hetero) is 1. The molecule has 0 saturated heterocycles. The first-order chi connectivity index (χ1) is 9.49. The van der Waals surface area contributed by atoms with Gasteiger partial charge in [-0.05, 0) is 50.3 Å². The Hall–Kier alpha value is -1.32. The van der Waals surface area contributed by atoms with Crippen LogP contribution in [0.3, 0.4) is 0 Å². The third-order valence-corrected chi connectivity index (χ3v) is 3.33. The molecule has 0 radical (unpaired) electrons. The van der Waals surface area contributed by atoms with Crippen LogP contribution in [-0.2, 0) is 4.74 Å². The molecule has 4 heteroatoms. The fourth-order valence-electron chi connectivity index (χ4n) is 1.50. The normalized spacial score (nSPS) is 11.7. The van der Waals surface area contributed by atoms with Crippen LogP contribution < -0.4 is 0 Å². The van der Waals surface area contributed by atoms with E-state index in [4.69, 9.17) is 16.3 Å². The minimum absolute atomic E-state index is 0.209. The molecule has 0 aromatic heterocycles.